The molecule has 3 heteroatoms. The van der Waals surface area contributed by atoms with E-state index < -0.39 is 0 Å². The fraction of sp³-hybridized carbons (Fsp3) is 0.938. The number of amides is 1. The zero-order chi connectivity index (χ0) is 13.7. The van der Waals surface area contributed by atoms with E-state index in [0.29, 0.717) is 6.54 Å². The molecule has 3 nitrogen and oxygen atoms in total. The highest BCUT2D eigenvalue weighted by molar-refractivity contribution is 5.83. The SMILES string of the molecule is CC1CCC(CCNC(=O)C2(CN)CCCC2)CC1. The Kier molecular flexibility index (Phi) is 5.26. The molecule has 0 spiro atoms. The Morgan fingerprint density at radius 1 is 1.21 bits per heavy atom. The largest absolute Gasteiger partial charge is 0.356 e. The lowest BCUT2D eigenvalue weighted by atomic mass is 9.81. The van der Waals surface area contributed by atoms with Gasteiger partial charge in [-0.2, -0.15) is 0 Å². The lowest BCUT2D eigenvalue weighted by Crippen LogP contribution is -2.44. The quantitative estimate of drug-likeness (QED) is 0.804. The summed E-state index contributed by atoms with van der Waals surface area (Å²) in [5, 5.41) is 3.16. The van der Waals surface area contributed by atoms with Gasteiger partial charge in [-0.25, -0.2) is 0 Å². The molecule has 2 saturated carbocycles. The molecule has 0 heterocycles. The summed E-state index contributed by atoms with van der Waals surface area (Å²) in [4.78, 5) is 12.3. The standard InChI is InChI=1S/C16H30N2O/c1-13-4-6-14(7-5-13)8-11-18-15(19)16(12-17)9-2-3-10-16/h13-14H,2-12,17H2,1H3,(H,18,19). The molecule has 19 heavy (non-hydrogen) atoms. The zero-order valence-electron chi connectivity index (χ0n) is 12.4. The van der Waals surface area contributed by atoms with Gasteiger partial charge in [-0.05, 0) is 31.1 Å². The Balaban J connectivity index is 1.69. The van der Waals surface area contributed by atoms with Crippen molar-refractivity contribution in [2.75, 3.05) is 13.1 Å². The van der Waals surface area contributed by atoms with E-state index in [4.69, 9.17) is 5.73 Å². The van der Waals surface area contributed by atoms with Crippen molar-refractivity contribution in [3.05, 3.63) is 0 Å². The van der Waals surface area contributed by atoms with Crippen molar-refractivity contribution in [3.63, 3.8) is 0 Å². The Hall–Kier alpha value is -0.570. The first kappa shape index (κ1) is 14.8. The Labute approximate surface area is 117 Å². The predicted octanol–water partition coefficient (Wildman–Crippen LogP) is 2.84. The first-order valence-corrected chi connectivity index (χ1v) is 8.15. The average Bonchev–Trinajstić information content (AvgIpc) is 2.91. The lowest BCUT2D eigenvalue weighted by Gasteiger charge is -2.28. The van der Waals surface area contributed by atoms with Gasteiger partial charge in [-0.15, -0.1) is 0 Å². The van der Waals surface area contributed by atoms with Crippen LogP contribution in [-0.2, 0) is 4.79 Å². The van der Waals surface area contributed by atoms with Crippen LogP contribution in [0, 0.1) is 17.3 Å². The molecule has 0 bridgehead atoms. The number of carbonyl (C=O) groups excluding carboxylic acids is 1. The Bertz CT molecular complexity index is 289. The van der Waals surface area contributed by atoms with Gasteiger partial charge in [0.15, 0.2) is 0 Å². The van der Waals surface area contributed by atoms with E-state index in [1.165, 1.54) is 25.7 Å². The summed E-state index contributed by atoms with van der Waals surface area (Å²) < 4.78 is 0. The molecule has 2 aliphatic rings. The molecule has 0 aromatic rings. The highest BCUT2D eigenvalue weighted by Crippen LogP contribution is 2.37. The molecule has 110 valence electrons. The van der Waals surface area contributed by atoms with E-state index in [9.17, 15) is 4.79 Å². The summed E-state index contributed by atoms with van der Waals surface area (Å²) in [7, 11) is 0. The van der Waals surface area contributed by atoms with Crippen LogP contribution in [0.15, 0.2) is 0 Å². The van der Waals surface area contributed by atoms with Gasteiger partial charge >= 0.3 is 0 Å². The van der Waals surface area contributed by atoms with E-state index >= 15 is 0 Å². The Morgan fingerprint density at radius 3 is 2.42 bits per heavy atom. The number of hydrogen-bond donors (Lipinski definition) is 2. The summed E-state index contributed by atoms with van der Waals surface area (Å²) in [6.45, 7) is 3.71. The van der Waals surface area contributed by atoms with Gasteiger partial charge in [0.1, 0.15) is 0 Å². The number of hydrogen-bond acceptors (Lipinski definition) is 2. The summed E-state index contributed by atoms with van der Waals surface area (Å²) in [5.74, 6) is 1.95. The smallest absolute Gasteiger partial charge is 0.227 e. The third kappa shape index (κ3) is 3.71. The van der Waals surface area contributed by atoms with Crippen molar-refractivity contribution in [2.24, 2.45) is 23.0 Å². The molecule has 1 amide bonds. The average molecular weight is 266 g/mol. The second-order valence-electron chi connectivity index (χ2n) is 6.86. The van der Waals surface area contributed by atoms with E-state index in [-0.39, 0.29) is 11.3 Å². The minimum Gasteiger partial charge on any atom is -0.356 e. The fourth-order valence-corrected chi connectivity index (χ4v) is 3.77. The van der Waals surface area contributed by atoms with Crippen molar-refractivity contribution >= 4 is 5.91 Å². The third-order valence-electron chi connectivity index (χ3n) is 5.41. The molecule has 0 saturated heterocycles. The van der Waals surface area contributed by atoms with Gasteiger partial charge in [0.2, 0.25) is 5.91 Å². The summed E-state index contributed by atoms with van der Waals surface area (Å²) >= 11 is 0. The molecule has 0 aliphatic heterocycles. The Morgan fingerprint density at radius 2 is 1.84 bits per heavy atom. The van der Waals surface area contributed by atoms with Crippen LogP contribution in [0.25, 0.3) is 0 Å². The van der Waals surface area contributed by atoms with Crippen LogP contribution < -0.4 is 11.1 Å². The topological polar surface area (TPSA) is 55.1 Å². The molecular weight excluding hydrogens is 236 g/mol. The molecule has 2 aliphatic carbocycles. The van der Waals surface area contributed by atoms with Gasteiger partial charge < -0.3 is 11.1 Å². The van der Waals surface area contributed by atoms with E-state index in [0.717, 1.165) is 50.5 Å². The second-order valence-corrected chi connectivity index (χ2v) is 6.86. The van der Waals surface area contributed by atoms with Crippen LogP contribution in [0.1, 0.15) is 64.7 Å². The van der Waals surface area contributed by atoms with Crippen LogP contribution >= 0.6 is 0 Å². The minimum absolute atomic E-state index is 0.219. The summed E-state index contributed by atoms with van der Waals surface area (Å²) in [6.07, 6.45) is 10.9. The number of carbonyl (C=O) groups is 1. The minimum atomic E-state index is -0.235. The van der Waals surface area contributed by atoms with Gasteiger partial charge in [0, 0.05) is 13.1 Å². The van der Waals surface area contributed by atoms with Crippen molar-refractivity contribution < 1.29 is 4.79 Å². The van der Waals surface area contributed by atoms with Gasteiger partial charge in [-0.3, -0.25) is 4.79 Å². The lowest BCUT2D eigenvalue weighted by molar-refractivity contribution is -0.130. The highest BCUT2D eigenvalue weighted by Gasteiger charge is 2.39. The van der Waals surface area contributed by atoms with E-state index in [1.54, 1.807) is 0 Å². The molecular formula is C16H30N2O. The maximum absolute atomic E-state index is 12.3. The van der Waals surface area contributed by atoms with Crippen LogP contribution in [0.3, 0.4) is 0 Å². The van der Waals surface area contributed by atoms with Gasteiger partial charge in [0.05, 0.1) is 5.41 Å². The van der Waals surface area contributed by atoms with Crippen LogP contribution in [-0.4, -0.2) is 19.0 Å². The van der Waals surface area contributed by atoms with Crippen LogP contribution in [0.2, 0.25) is 0 Å². The van der Waals surface area contributed by atoms with Crippen LogP contribution in [0.4, 0.5) is 0 Å². The normalized spacial score (nSPS) is 30.2. The molecule has 3 N–H and O–H groups in total. The van der Waals surface area contributed by atoms with Gasteiger partial charge in [-0.1, -0.05) is 45.4 Å². The third-order valence-corrected chi connectivity index (χ3v) is 5.41. The molecule has 2 fully saturated rings. The molecule has 2 rings (SSSR count). The first-order valence-electron chi connectivity index (χ1n) is 8.15. The first-order chi connectivity index (χ1) is 9.16. The molecule has 0 aromatic carbocycles. The van der Waals surface area contributed by atoms with Crippen molar-refractivity contribution in [3.8, 4) is 0 Å². The predicted molar refractivity (Wildman–Crippen MR) is 78.7 cm³/mol. The monoisotopic (exact) mass is 266 g/mol. The van der Waals surface area contributed by atoms with Crippen molar-refractivity contribution in [1.29, 1.82) is 0 Å². The van der Waals surface area contributed by atoms with Crippen molar-refractivity contribution in [2.45, 2.75) is 64.7 Å². The molecule has 0 aromatic heterocycles. The van der Waals surface area contributed by atoms with Crippen LogP contribution in [0.5, 0.6) is 0 Å². The fourth-order valence-electron chi connectivity index (χ4n) is 3.77. The molecule has 0 unspecified atom stereocenters. The number of nitrogens with two attached hydrogens (primary N) is 1. The summed E-state index contributed by atoms with van der Waals surface area (Å²) in [5.41, 5.74) is 5.60. The maximum atomic E-state index is 12.3. The second kappa shape index (κ2) is 6.74. The summed E-state index contributed by atoms with van der Waals surface area (Å²) in [6, 6.07) is 0. The molecule has 0 radical (unpaired) electrons. The zero-order valence-corrected chi connectivity index (χ0v) is 12.4. The highest BCUT2D eigenvalue weighted by atomic mass is 16.2. The van der Waals surface area contributed by atoms with E-state index in [1.807, 2.05) is 0 Å². The van der Waals surface area contributed by atoms with Gasteiger partial charge in [0.25, 0.3) is 0 Å². The molecule has 0 atom stereocenters. The van der Waals surface area contributed by atoms with E-state index in [2.05, 4.69) is 12.2 Å². The number of nitrogens with one attached hydrogen (secondary N) is 1. The maximum Gasteiger partial charge on any atom is 0.227 e. The van der Waals surface area contributed by atoms with Crippen molar-refractivity contribution in [1.82, 2.24) is 5.32 Å². The number of rotatable bonds is 5.